The van der Waals surface area contributed by atoms with Crippen LogP contribution < -0.4 is 15.0 Å². The van der Waals surface area contributed by atoms with Crippen LogP contribution >= 0.6 is 11.3 Å². The molecule has 1 aromatic heterocycles. The molecule has 0 bridgehead atoms. The number of hydrogen-bond donors (Lipinski definition) is 1. The van der Waals surface area contributed by atoms with Crippen molar-refractivity contribution in [1.29, 1.82) is 0 Å². The van der Waals surface area contributed by atoms with E-state index in [9.17, 15) is 14.0 Å². The van der Waals surface area contributed by atoms with E-state index in [1.54, 1.807) is 36.4 Å². The number of nitrogens with zero attached hydrogens (tertiary/aromatic N) is 1. The molecule has 1 heterocycles. The molecule has 1 saturated carbocycles. The van der Waals surface area contributed by atoms with E-state index in [0.29, 0.717) is 23.6 Å². The number of nitrogens with one attached hydrogen (secondary N) is 1. The normalized spacial score (nSPS) is 14.5. The predicted molar refractivity (Wildman–Crippen MR) is 133 cm³/mol. The van der Waals surface area contributed by atoms with Crippen LogP contribution in [0.15, 0.2) is 66.0 Å². The molecular weight excluding hydrogens is 451 g/mol. The number of benzene rings is 2. The summed E-state index contributed by atoms with van der Waals surface area (Å²) in [5, 5.41) is 5.06. The molecule has 2 aromatic carbocycles. The first-order valence-corrected chi connectivity index (χ1v) is 12.6. The number of ether oxygens (including phenoxy) is 1. The Morgan fingerprint density at radius 2 is 1.79 bits per heavy atom. The number of amides is 2. The van der Waals surface area contributed by atoms with Crippen molar-refractivity contribution in [2.75, 3.05) is 11.5 Å². The Morgan fingerprint density at radius 1 is 1.09 bits per heavy atom. The highest BCUT2D eigenvalue weighted by atomic mass is 32.1. The molecular formula is C27H29FN2O3S. The molecule has 1 aliphatic rings. The molecule has 178 valence electrons. The second-order valence-electron chi connectivity index (χ2n) is 8.39. The quantitative estimate of drug-likeness (QED) is 0.430. The third-order valence-electron chi connectivity index (χ3n) is 5.99. The highest BCUT2D eigenvalue weighted by molar-refractivity contribution is 7.10. The molecule has 7 heteroatoms. The first-order valence-electron chi connectivity index (χ1n) is 11.7. The Morgan fingerprint density at radius 3 is 2.41 bits per heavy atom. The maximum Gasteiger partial charge on any atom is 0.248 e. The number of rotatable bonds is 9. The fraction of sp³-hybridized carbons (Fsp3) is 0.333. The van der Waals surface area contributed by atoms with E-state index in [2.05, 4.69) is 5.32 Å². The zero-order chi connectivity index (χ0) is 23.9. The maximum atomic E-state index is 13.7. The van der Waals surface area contributed by atoms with E-state index >= 15 is 0 Å². The van der Waals surface area contributed by atoms with Crippen molar-refractivity contribution in [1.82, 2.24) is 5.32 Å². The average molecular weight is 481 g/mol. The standard InChI is InChI=1S/C27H29FN2O3S/c1-2-33-23-15-13-22(14-16-23)30(25(31)18-24-8-5-17-34-24)26(19-9-11-20(28)12-10-19)27(32)29-21-6-3-4-7-21/h5,8-17,21,26H,2-4,6-7,18H2,1H3,(H,29,32). The van der Waals surface area contributed by atoms with Crippen LogP contribution in [-0.4, -0.2) is 24.5 Å². The van der Waals surface area contributed by atoms with Gasteiger partial charge in [0, 0.05) is 16.6 Å². The Kier molecular flexibility index (Phi) is 7.95. The van der Waals surface area contributed by atoms with E-state index in [1.165, 1.54) is 28.4 Å². The first kappa shape index (κ1) is 24.0. The zero-order valence-electron chi connectivity index (χ0n) is 19.2. The van der Waals surface area contributed by atoms with E-state index < -0.39 is 11.9 Å². The van der Waals surface area contributed by atoms with Gasteiger partial charge in [-0.15, -0.1) is 11.3 Å². The van der Waals surface area contributed by atoms with Crippen molar-refractivity contribution < 1.29 is 18.7 Å². The van der Waals surface area contributed by atoms with E-state index in [0.717, 1.165) is 30.6 Å². The van der Waals surface area contributed by atoms with E-state index in [4.69, 9.17) is 4.74 Å². The van der Waals surface area contributed by atoms with Crippen LogP contribution in [0.3, 0.4) is 0 Å². The van der Waals surface area contributed by atoms with Gasteiger partial charge in [0.2, 0.25) is 11.8 Å². The summed E-state index contributed by atoms with van der Waals surface area (Å²) < 4.78 is 19.3. The molecule has 3 aromatic rings. The maximum absolute atomic E-state index is 13.7. The van der Waals surface area contributed by atoms with Crippen molar-refractivity contribution in [2.45, 2.75) is 51.1 Å². The lowest BCUT2D eigenvalue weighted by atomic mass is 10.0. The van der Waals surface area contributed by atoms with Crippen LogP contribution in [0.5, 0.6) is 5.75 Å². The molecule has 0 aliphatic heterocycles. The summed E-state index contributed by atoms with van der Waals surface area (Å²) in [4.78, 5) is 29.8. The molecule has 1 N–H and O–H groups in total. The number of hydrogen-bond acceptors (Lipinski definition) is 4. The minimum Gasteiger partial charge on any atom is -0.494 e. The van der Waals surface area contributed by atoms with Gasteiger partial charge in [0.25, 0.3) is 0 Å². The van der Waals surface area contributed by atoms with Crippen LogP contribution in [0.1, 0.15) is 49.1 Å². The summed E-state index contributed by atoms with van der Waals surface area (Å²) in [5.41, 5.74) is 1.14. The van der Waals surface area contributed by atoms with Gasteiger partial charge in [-0.25, -0.2) is 4.39 Å². The summed E-state index contributed by atoms with van der Waals surface area (Å²) in [6, 6.07) is 15.9. The van der Waals surface area contributed by atoms with Crippen molar-refractivity contribution in [2.24, 2.45) is 0 Å². The second kappa shape index (κ2) is 11.3. The fourth-order valence-electron chi connectivity index (χ4n) is 4.37. The molecule has 5 nitrogen and oxygen atoms in total. The van der Waals surface area contributed by atoms with Crippen LogP contribution in [0.25, 0.3) is 0 Å². The summed E-state index contributed by atoms with van der Waals surface area (Å²) in [7, 11) is 0. The van der Waals surface area contributed by atoms with Gasteiger partial charge < -0.3 is 10.1 Å². The lowest BCUT2D eigenvalue weighted by molar-refractivity contribution is -0.127. The molecule has 1 unspecified atom stereocenters. The predicted octanol–water partition coefficient (Wildman–Crippen LogP) is 5.66. The third-order valence-corrected chi connectivity index (χ3v) is 6.87. The summed E-state index contributed by atoms with van der Waals surface area (Å²) in [5.74, 6) is -0.170. The number of carbonyl (C=O) groups is 2. The highest BCUT2D eigenvalue weighted by Gasteiger charge is 2.34. The Bertz CT molecular complexity index is 1080. The van der Waals surface area contributed by atoms with Crippen molar-refractivity contribution in [3.05, 3.63) is 82.3 Å². The molecule has 1 aliphatic carbocycles. The van der Waals surface area contributed by atoms with Gasteiger partial charge in [0.15, 0.2) is 0 Å². The highest BCUT2D eigenvalue weighted by Crippen LogP contribution is 2.31. The monoisotopic (exact) mass is 480 g/mol. The van der Waals surface area contributed by atoms with Crippen LogP contribution in [0.2, 0.25) is 0 Å². The molecule has 34 heavy (non-hydrogen) atoms. The minimum atomic E-state index is -0.924. The SMILES string of the molecule is CCOc1ccc(N(C(=O)Cc2cccs2)C(C(=O)NC2CCCC2)c2ccc(F)cc2)cc1. The fourth-order valence-corrected chi connectivity index (χ4v) is 5.06. The zero-order valence-corrected chi connectivity index (χ0v) is 20.0. The van der Waals surface area contributed by atoms with Crippen LogP contribution in [0, 0.1) is 5.82 Å². The Hall–Kier alpha value is -3.19. The van der Waals surface area contributed by atoms with Crippen molar-refractivity contribution in [3.63, 3.8) is 0 Å². The van der Waals surface area contributed by atoms with Gasteiger partial charge in [0.05, 0.1) is 13.0 Å². The molecule has 0 radical (unpaired) electrons. The van der Waals surface area contributed by atoms with Gasteiger partial charge in [-0.2, -0.15) is 0 Å². The smallest absolute Gasteiger partial charge is 0.248 e. The van der Waals surface area contributed by atoms with Crippen molar-refractivity contribution >= 4 is 28.8 Å². The minimum absolute atomic E-state index is 0.0880. The Balaban J connectivity index is 1.74. The van der Waals surface area contributed by atoms with E-state index in [-0.39, 0.29) is 24.3 Å². The largest absolute Gasteiger partial charge is 0.494 e. The molecule has 1 atom stereocenters. The third kappa shape index (κ3) is 5.83. The van der Waals surface area contributed by atoms with Gasteiger partial charge >= 0.3 is 0 Å². The summed E-state index contributed by atoms with van der Waals surface area (Å²) >= 11 is 1.50. The molecule has 4 rings (SSSR count). The molecule has 0 saturated heterocycles. The number of halogens is 1. The summed E-state index contributed by atoms with van der Waals surface area (Å²) in [6.45, 7) is 2.44. The number of anilines is 1. The van der Waals surface area contributed by atoms with Gasteiger partial charge in [-0.3, -0.25) is 14.5 Å². The lowest BCUT2D eigenvalue weighted by Gasteiger charge is -2.32. The van der Waals surface area contributed by atoms with Gasteiger partial charge in [0.1, 0.15) is 17.6 Å². The summed E-state index contributed by atoms with van der Waals surface area (Å²) in [6.07, 6.45) is 4.17. The lowest BCUT2D eigenvalue weighted by Crippen LogP contribution is -2.46. The van der Waals surface area contributed by atoms with Crippen molar-refractivity contribution in [3.8, 4) is 5.75 Å². The van der Waals surface area contributed by atoms with Gasteiger partial charge in [-0.1, -0.05) is 31.0 Å². The molecule has 1 fully saturated rings. The Labute approximate surface area is 203 Å². The van der Waals surface area contributed by atoms with Crippen LogP contribution in [0.4, 0.5) is 10.1 Å². The van der Waals surface area contributed by atoms with Crippen LogP contribution in [-0.2, 0) is 16.0 Å². The number of carbonyl (C=O) groups excluding carboxylic acids is 2. The first-order chi connectivity index (χ1) is 16.5. The number of thiophene rings is 1. The van der Waals surface area contributed by atoms with E-state index in [1.807, 2.05) is 24.4 Å². The molecule has 0 spiro atoms. The molecule has 2 amide bonds. The topological polar surface area (TPSA) is 58.6 Å². The average Bonchev–Trinajstić information content (AvgIpc) is 3.53. The second-order valence-corrected chi connectivity index (χ2v) is 9.42. The van der Waals surface area contributed by atoms with Gasteiger partial charge in [-0.05, 0) is 73.2 Å².